The highest BCUT2D eigenvalue weighted by atomic mass is 16.5. The van der Waals surface area contributed by atoms with Crippen LogP contribution in [0.4, 0.5) is 5.69 Å². The molecule has 2 heterocycles. The van der Waals surface area contributed by atoms with Crippen LogP contribution in [0, 0.1) is 0 Å². The summed E-state index contributed by atoms with van der Waals surface area (Å²) in [6.45, 7) is 2.79. The molecule has 2 fully saturated rings. The number of hydrazone groups is 1. The molecule has 1 aromatic rings. The molecule has 1 aromatic carbocycles. The van der Waals surface area contributed by atoms with E-state index in [2.05, 4.69) is 26.1 Å². The van der Waals surface area contributed by atoms with E-state index in [1.165, 1.54) is 0 Å². The summed E-state index contributed by atoms with van der Waals surface area (Å²) in [7, 11) is 0. The Morgan fingerprint density at radius 3 is 2.74 bits per heavy atom. The average Bonchev–Trinajstić information content (AvgIpc) is 3.20. The van der Waals surface area contributed by atoms with Crippen LogP contribution >= 0.6 is 0 Å². The van der Waals surface area contributed by atoms with Crippen LogP contribution in [0.25, 0.3) is 0 Å². The molecular weight excluding hydrogens is 346 g/mol. The number of carbonyl (C=O) groups excluding carboxylic acids is 2. The van der Waals surface area contributed by atoms with E-state index in [0.29, 0.717) is 23.4 Å². The van der Waals surface area contributed by atoms with Gasteiger partial charge in [-0.15, -0.1) is 0 Å². The fourth-order valence-electron chi connectivity index (χ4n) is 3.43. The van der Waals surface area contributed by atoms with E-state index < -0.39 is 0 Å². The molecule has 1 saturated carbocycles. The Hall–Kier alpha value is -2.45. The number of rotatable bonds is 5. The van der Waals surface area contributed by atoms with Gasteiger partial charge in [-0.3, -0.25) is 15.1 Å². The van der Waals surface area contributed by atoms with E-state index >= 15 is 0 Å². The van der Waals surface area contributed by atoms with Crippen LogP contribution < -0.4 is 16.1 Å². The summed E-state index contributed by atoms with van der Waals surface area (Å²) in [5, 5.41) is 10.4. The normalized spacial score (nSPS) is 23.1. The Morgan fingerprint density at radius 1 is 1.22 bits per heavy atom. The Balaban J connectivity index is 1.38. The number of hydrogen-bond acceptors (Lipinski definition) is 7. The molecule has 144 valence electrons. The number of amides is 1. The zero-order valence-corrected chi connectivity index (χ0v) is 15.2. The van der Waals surface area contributed by atoms with Crippen molar-refractivity contribution >= 4 is 23.3 Å². The molecule has 1 saturated heterocycles. The molecule has 2 aliphatic heterocycles. The molecule has 1 unspecified atom stereocenters. The molecule has 0 aromatic heterocycles. The van der Waals surface area contributed by atoms with Crippen molar-refractivity contribution in [1.82, 2.24) is 15.6 Å². The number of esters is 1. The zero-order chi connectivity index (χ0) is 18.6. The number of hydrogen-bond donors (Lipinski definition) is 3. The second kappa shape index (κ2) is 8.06. The SMILES string of the molecule is O=C(Nc1ccccc1C(=O)OC1CCC1)C1=NNC(N2CCNC2)CC1. The summed E-state index contributed by atoms with van der Waals surface area (Å²) in [5.41, 5.74) is 4.36. The number of nitrogens with zero attached hydrogens (tertiary/aromatic N) is 2. The fraction of sp³-hybridized carbons (Fsp3) is 0.526. The van der Waals surface area contributed by atoms with Crippen LogP contribution in [0.5, 0.6) is 0 Å². The first kappa shape index (κ1) is 17.9. The molecule has 1 amide bonds. The Morgan fingerprint density at radius 2 is 2.07 bits per heavy atom. The Bertz CT molecular complexity index is 741. The molecule has 27 heavy (non-hydrogen) atoms. The number of para-hydroxylation sites is 1. The van der Waals surface area contributed by atoms with Crippen molar-refractivity contribution in [3.8, 4) is 0 Å². The quantitative estimate of drug-likeness (QED) is 0.675. The summed E-state index contributed by atoms with van der Waals surface area (Å²) in [4.78, 5) is 27.3. The van der Waals surface area contributed by atoms with Crippen molar-refractivity contribution in [2.75, 3.05) is 25.1 Å². The summed E-state index contributed by atoms with van der Waals surface area (Å²) in [6.07, 6.45) is 4.49. The summed E-state index contributed by atoms with van der Waals surface area (Å²) in [5.74, 6) is -0.676. The second-order valence-electron chi connectivity index (χ2n) is 7.17. The van der Waals surface area contributed by atoms with Gasteiger partial charge in [-0.25, -0.2) is 4.79 Å². The highest BCUT2D eigenvalue weighted by molar-refractivity contribution is 6.43. The van der Waals surface area contributed by atoms with Gasteiger partial charge in [0.15, 0.2) is 0 Å². The minimum atomic E-state index is -0.388. The monoisotopic (exact) mass is 371 g/mol. The maximum Gasteiger partial charge on any atom is 0.340 e. The molecule has 3 aliphatic rings. The number of anilines is 1. The van der Waals surface area contributed by atoms with Crippen LogP contribution in [-0.4, -0.2) is 54.5 Å². The van der Waals surface area contributed by atoms with Crippen molar-refractivity contribution in [1.29, 1.82) is 0 Å². The van der Waals surface area contributed by atoms with Crippen molar-refractivity contribution < 1.29 is 14.3 Å². The van der Waals surface area contributed by atoms with E-state index in [1.54, 1.807) is 24.3 Å². The van der Waals surface area contributed by atoms with E-state index in [1.807, 2.05) is 0 Å². The smallest absolute Gasteiger partial charge is 0.340 e. The number of ether oxygens (including phenoxy) is 1. The number of nitrogens with one attached hydrogen (secondary N) is 3. The van der Waals surface area contributed by atoms with Gasteiger partial charge >= 0.3 is 5.97 Å². The summed E-state index contributed by atoms with van der Waals surface area (Å²) in [6, 6.07) is 6.94. The van der Waals surface area contributed by atoms with E-state index in [9.17, 15) is 9.59 Å². The van der Waals surface area contributed by atoms with Gasteiger partial charge in [0.2, 0.25) is 0 Å². The lowest BCUT2D eigenvalue weighted by molar-refractivity contribution is -0.110. The van der Waals surface area contributed by atoms with Gasteiger partial charge in [-0.2, -0.15) is 5.10 Å². The van der Waals surface area contributed by atoms with Gasteiger partial charge in [-0.05, 0) is 37.8 Å². The van der Waals surface area contributed by atoms with Crippen molar-refractivity contribution in [2.45, 2.75) is 44.4 Å². The largest absolute Gasteiger partial charge is 0.459 e. The maximum absolute atomic E-state index is 12.6. The molecule has 1 aliphatic carbocycles. The van der Waals surface area contributed by atoms with E-state index in [0.717, 1.165) is 45.4 Å². The third-order valence-corrected chi connectivity index (χ3v) is 5.32. The average molecular weight is 371 g/mol. The standard InChI is InChI=1S/C19H25N5O3/c25-18(16-8-9-17(23-22-16)24-11-10-20-12-24)21-15-7-2-1-6-14(15)19(26)27-13-4-3-5-13/h1-2,6-7,13,17,20,23H,3-5,8-12H2,(H,21,25). The van der Waals surface area contributed by atoms with Gasteiger partial charge in [-0.1, -0.05) is 12.1 Å². The van der Waals surface area contributed by atoms with Crippen LogP contribution in [0.2, 0.25) is 0 Å². The Kier molecular flexibility index (Phi) is 5.35. The first-order valence-corrected chi connectivity index (χ1v) is 9.59. The minimum absolute atomic E-state index is 0.00480. The van der Waals surface area contributed by atoms with Gasteiger partial charge in [0.05, 0.1) is 24.1 Å². The topological polar surface area (TPSA) is 95.1 Å². The van der Waals surface area contributed by atoms with Gasteiger partial charge < -0.3 is 15.4 Å². The van der Waals surface area contributed by atoms with Crippen molar-refractivity contribution in [2.24, 2.45) is 5.10 Å². The summed E-state index contributed by atoms with van der Waals surface area (Å²) >= 11 is 0. The molecule has 4 rings (SSSR count). The van der Waals surface area contributed by atoms with Crippen molar-refractivity contribution in [3.05, 3.63) is 29.8 Å². The predicted molar refractivity (Wildman–Crippen MR) is 101 cm³/mol. The molecule has 0 bridgehead atoms. The lowest BCUT2D eigenvalue weighted by Crippen LogP contribution is -2.47. The molecule has 0 spiro atoms. The fourth-order valence-corrected chi connectivity index (χ4v) is 3.43. The molecule has 3 N–H and O–H groups in total. The zero-order valence-electron chi connectivity index (χ0n) is 15.2. The number of carbonyl (C=O) groups is 2. The molecule has 8 heteroatoms. The van der Waals surface area contributed by atoms with Gasteiger partial charge in [0.25, 0.3) is 5.91 Å². The maximum atomic E-state index is 12.6. The van der Waals surface area contributed by atoms with Crippen LogP contribution in [0.3, 0.4) is 0 Å². The van der Waals surface area contributed by atoms with Crippen molar-refractivity contribution in [3.63, 3.8) is 0 Å². The van der Waals surface area contributed by atoms with E-state index in [-0.39, 0.29) is 24.1 Å². The predicted octanol–water partition coefficient (Wildman–Crippen LogP) is 1.26. The third kappa shape index (κ3) is 4.12. The van der Waals surface area contributed by atoms with Gasteiger partial charge in [0.1, 0.15) is 11.8 Å². The first-order valence-electron chi connectivity index (χ1n) is 9.59. The Labute approximate surface area is 158 Å². The minimum Gasteiger partial charge on any atom is -0.459 e. The van der Waals surface area contributed by atoms with Crippen LogP contribution in [0.15, 0.2) is 29.4 Å². The molecule has 8 nitrogen and oxygen atoms in total. The number of benzene rings is 1. The third-order valence-electron chi connectivity index (χ3n) is 5.32. The molecule has 1 atom stereocenters. The lowest BCUT2D eigenvalue weighted by Gasteiger charge is -2.29. The van der Waals surface area contributed by atoms with Crippen LogP contribution in [-0.2, 0) is 9.53 Å². The van der Waals surface area contributed by atoms with Crippen LogP contribution in [0.1, 0.15) is 42.5 Å². The molecular formula is C19H25N5O3. The second-order valence-corrected chi connectivity index (χ2v) is 7.17. The summed E-state index contributed by atoms with van der Waals surface area (Å²) < 4.78 is 5.47. The highest BCUT2D eigenvalue weighted by Crippen LogP contribution is 2.25. The lowest BCUT2D eigenvalue weighted by atomic mass is 9.96. The highest BCUT2D eigenvalue weighted by Gasteiger charge is 2.28. The van der Waals surface area contributed by atoms with Gasteiger partial charge in [0, 0.05) is 19.5 Å². The first-order chi connectivity index (χ1) is 13.2. The molecule has 0 radical (unpaired) electrons. The van der Waals surface area contributed by atoms with E-state index in [4.69, 9.17) is 4.74 Å².